The first kappa shape index (κ1) is 25.9. The number of aliphatic hydroxyl groups excluding tert-OH is 1. The summed E-state index contributed by atoms with van der Waals surface area (Å²) in [5.41, 5.74) is 1.01. The van der Waals surface area contributed by atoms with Crippen molar-refractivity contribution in [1.82, 2.24) is 5.32 Å². The average Bonchev–Trinajstić information content (AvgIpc) is 3.24. The minimum absolute atomic E-state index is 0.0561. The number of carboxylic acids is 1. The van der Waals surface area contributed by atoms with Crippen molar-refractivity contribution in [3.05, 3.63) is 77.6 Å². The van der Waals surface area contributed by atoms with Crippen LogP contribution in [0.25, 0.3) is 33.4 Å². The fourth-order valence-electron chi connectivity index (χ4n) is 4.17. The molecule has 11 heteroatoms. The number of hydrogen-bond acceptors (Lipinski definition) is 6. The molecule has 0 atom stereocenters. The summed E-state index contributed by atoms with van der Waals surface area (Å²) in [5.74, 6) is -2.11. The first-order chi connectivity index (χ1) is 17.6. The van der Waals surface area contributed by atoms with Crippen LogP contribution in [-0.2, 0) is 10.0 Å². The van der Waals surface area contributed by atoms with Gasteiger partial charge in [-0.15, -0.1) is 0 Å². The summed E-state index contributed by atoms with van der Waals surface area (Å²) in [6, 6.07) is 14.2. The number of halogens is 1. The topological polar surface area (TPSA) is 137 Å². The number of carbonyl (C=O) groups excluding carboxylic acids is 1. The van der Waals surface area contributed by atoms with Gasteiger partial charge >= 0.3 is 5.97 Å². The summed E-state index contributed by atoms with van der Waals surface area (Å²) < 4.78 is 45.9. The lowest BCUT2D eigenvalue weighted by molar-refractivity contribution is 0.0697. The van der Waals surface area contributed by atoms with Crippen molar-refractivity contribution in [2.24, 2.45) is 0 Å². The van der Waals surface area contributed by atoms with E-state index in [4.69, 9.17) is 4.42 Å². The van der Waals surface area contributed by atoms with Crippen molar-refractivity contribution in [2.45, 2.75) is 0 Å². The quantitative estimate of drug-likeness (QED) is 0.318. The van der Waals surface area contributed by atoms with Crippen LogP contribution in [0.5, 0.6) is 0 Å². The number of aliphatic hydroxyl groups is 1. The number of fused-ring (bicyclic) bond motifs is 1. The Hall–Kier alpha value is -4.22. The number of carbonyl (C=O) groups is 2. The molecule has 0 radical (unpaired) electrons. The second-order valence-electron chi connectivity index (χ2n) is 8.17. The monoisotopic (exact) mass is 526 g/mol. The molecular formula is C26H23FN2O7S. The number of anilines is 1. The Morgan fingerprint density at radius 1 is 1.05 bits per heavy atom. The molecule has 0 aliphatic carbocycles. The number of sulfonamides is 1. The van der Waals surface area contributed by atoms with Gasteiger partial charge in [0.15, 0.2) is 0 Å². The highest BCUT2D eigenvalue weighted by atomic mass is 32.2. The van der Waals surface area contributed by atoms with Crippen LogP contribution < -0.4 is 9.62 Å². The highest BCUT2D eigenvalue weighted by Gasteiger charge is 2.28. The number of aromatic carboxylic acids is 1. The van der Waals surface area contributed by atoms with E-state index in [9.17, 15) is 32.6 Å². The third-order valence-corrected chi connectivity index (χ3v) is 6.97. The Labute approximate surface area is 211 Å². The zero-order valence-corrected chi connectivity index (χ0v) is 20.7. The van der Waals surface area contributed by atoms with E-state index in [1.807, 2.05) is 0 Å². The zero-order chi connectivity index (χ0) is 26.9. The average molecular weight is 527 g/mol. The Bertz CT molecular complexity index is 1610. The van der Waals surface area contributed by atoms with Crippen molar-refractivity contribution in [3.63, 3.8) is 0 Å². The van der Waals surface area contributed by atoms with Gasteiger partial charge < -0.3 is 19.9 Å². The van der Waals surface area contributed by atoms with Gasteiger partial charge in [-0.05, 0) is 42.0 Å². The molecule has 3 aromatic carbocycles. The lowest BCUT2D eigenvalue weighted by Gasteiger charge is -2.25. The Morgan fingerprint density at radius 2 is 1.73 bits per heavy atom. The molecule has 0 bridgehead atoms. The summed E-state index contributed by atoms with van der Waals surface area (Å²) in [6.07, 6.45) is 0.960. The fourth-order valence-corrected chi connectivity index (χ4v) is 5.09. The molecule has 192 valence electrons. The van der Waals surface area contributed by atoms with Crippen LogP contribution in [0.3, 0.4) is 0 Å². The molecule has 1 heterocycles. The van der Waals surface area contributed by atoms with Gasteiger partial charge in [-0.3, -0.25) is 9.10 Å². The van der Waals surface area contributed by atoms with E-state index in [2.05, 4.69) is 5.32 Å². The number of nitrogens with zero attached hydrogens (tertiary/aromatic N) is 1. The number of furan rings is 1. The van der Waals surface area contributed by atoms with Crippen LogP contribution in [0.4, 0.5) is 10.1 Å². The first-order valence-corrected chi connectivity index (χ1v) is 12.9. The SMILES string of the molecule is CNC(=O)c1c(-c2ccc(F)cc2)oc2cc(N(CCO)S(C)(=O)=O)c(-c3ccccc3C(=O)O)cc12. The van der Waals surface area contributed by atoms with Gasteiger partial charge in [-0.25, -0.2) is 17.6 Å². The van der Waals surface area contributed by atoms with Crippen LogP contribution in [-0.4, -0.2) is 57.0 Å². The Morgan fingerprint density at radius 3 is 2.32 bits per heavy atom. The van der Waals surface area contributed by atoms with Crippen molar-refractivity contribution in [2.75, 3.05) is 30.8 Å². The molecule has 4 aromatic rings. The summed E-state index contributed by atoms with van der Waals surface area (Å²) in [4.78, 5) is 25.0. The van der Waals surface area contributed by atoms with Gasteiger partial charge in [0, 0.05) is 29.6 Å². The number of rotatable bonds is 8. The number of nitrogens with one attached hydrogen (secondary N) is 1. The molecule has 0 aliphatic rings. The molecule has 1 aromatic heterocycles. The normalized spacial score (nSPS) is 11.5. The summed E-state index contributed by atoms with van der Waals surface area (Å²) in [6.45, 7) is -0.811. The molecule has 4 rings (SSSR count). The van der Waals surface area contributed by atoms with E-state index in [1.54, 1.807) is 6.07 Å². The number of amides is 1. The fraction of sp³-hybridized carbons (Fsp3) is 0.154. The van der Waals surface area contributed by atoms with E-state index in [0.29, 0.717) is 5.56 Å². The molecule has 0 saturated carbocycles. The maximum Gasteiger partial charge on any atom is 0.336 e. The van der Waals surface area contributed by atoms with Crippen LogP contribution in [0.15, 0.2) is 65.1 Å². The smallest absolute Gasteiger partial charge is 0.336 e. The maximum atomic E-state index is 13.6. The minimum atomic E-state index is -3.93. The van der Waals surface area contributed by atoms with Crippen molar-refractivity contribution in [3.8, 4) is 22.5 Å². The highest BCUT2D eigenvalue weighted by molar-refractivity contribution is 7.92. The standard InChI is InChI=1S/C26H23FN2O7S/c1-28-25(31)23-20-13-19(17-5-3-4-6-18(17)26(32)33)21(29(11-12-30)37(2,34)35)14-22(20)36-24(23)15-7-9-16(27)10-8-15/h3-10,13-14,30H,11-12H2,1-2H3,(H,28,31)(H,32,33). The summed E-state index contributed by atoms with van der Waals surface area (Å²) >= 11 is 0. The largest absolute Gasteiger partial charge is 0.478 e. The lowest BCUT2D eigenvalue weighted by atomic mass is 9.95. The molecule has 0 aliphatic heterocycles. The van der Waals surface area contributed by atoms with Crippen LogP contribution >= 0.6 is 0 Å². The predicted octanol–water partition coefficient (Wildman–Crippen LogP) is 3.72. The molecule has 0 fully saturated rings. The van der Waals surface area contributed by atoms with E-state index in [-0.39, 0.29) is 51.2 Å². The zero-order valence-electron chi connectivity index (χ0n) is 19.9. The van der Waals surface area contributed by atoms with Gasteiger partial charge in [0.1, 0.15) is 17.2 Å². The first-order valence-electron chi connectivity index (χ1n) is 11.1. The van der Waals surface area contributed by atoms with E-state index >= 15 is 0 Å². The lowest BCUT2D eigenvalue weighted by Crippen LogP contribution is -2.33. The van der Waals surface area contributed by atoms with Crippen molar-refractivity contribution in [1.29, 1.82) is 0 Å². The second kappa shape index (κ2) is 10.0. The predicted molar refractivity (Wildman–Crippen MR) is 137 cm³/mol. The molecule has 0 unspecified atom stereocenters. The molecule has 3 N–H and O–H groups in total. The second-order valence-corrected chi connectivity index (χ2v) is 10.1. The molecule has 0 spiro atoms. The van der Waals surface area contributed by atoms with Gasteiger partial charge in [0.25, 0.3) is 5.91 Å². The van der Waals surface area contributed by atoms with E-state index < -0.39 is 34.3 Å². The third kappa shape index (κ3) is 4.91. The Balaban J connectivity index is 2.15. The third-order valence-electron chi connectivity index (χ3n) is 5.79. The molecule has 37 heavy (non-hydrogen) atoms. The summed E-state index contributed by atoms with van der Waals surface area (Å²) in [5, 5.41) is 22.2. The van der Waals surface area contributed by atoms with Gasteiger partial charge in [0.05, 0.1) is 36.2 Å². The van der Waals surface area contributed by atoms with Gasteiger partial charge in [0.2, 0.25) is 10.0 Å². The number of carboxylic acid groups (broad SMARTS) is 1. The molecule has 1 amide bonds. The highest BCUT2D eigenvalue weighted by Crippen LogP contribution is 2.42. The molecular weight excluding hydrogens is 503 g/mol. The van der Waals surface area contributed by atoms with Crippen LogP contribution in [0, 0.1) is 5.82 Å². The Kier molecular flexibility index (Phi) is 7.01. The van der Waals surface area contributed by atoms with Crippen molar-refractivity contribution >= 4 is 38.6 Å². The minimum Gasteiger partial charge on any atom is -0.478 e. The number of benzene rings is 3. The van der Waals surface area contributed by atoms with Crippen LogP contribution in [0.1, 0.15) is 20.7 Å². The summed E-state index contributed by atoms with van der Waals surface area (Å²) in [7, 11) is -2.50. The molecule has 9 nitrogen and oxygen atoms in total. The van der Waals surface area contributed by atoms with Gasteiger partial charge in [-0.1, -0.05) is 18.2 Å². The van der Waals surface area contributed by atoms with Crippen molar-refractivity contribution < 1.29 is 37.0 Å². The van der Waals surface area contributed by atoms with Gasteiger partial charge in [-0.2, -0.15) is 0 Å². The number of hydrogen-bond donors (Lipinski definition) is 3. The molecule has 0 saturated heterocycles. The van der Waals surface area contributed by atoms with E-state index in [0.717, 1.165) is 10.6 Å². The van der Waals surface area contributed by atoms with E-state index in [1.165, 1.54) is 61.6 Å². The maximum absolute atomic E-state index is 13.6. The van der Waals surface area contributed by atoms with Crippen LogP contribution in [0.2, 0.25) is 0 Å².